The molecule has 2 aliphatic heterocycles. The number of aromatic carboxylic acids is 2. The maximum Gasteiger partial charge on any atom is 0.336 e. The third kappa shape index (κ3) is 25.9. The van der Waals surface area contributed by atoms with Crippen LogP contribution in [0, 0.1) is 22.7 Å². The zero-order chi connectivity index (χ0) is 95.4. The Morgan fingerprint density at radius 2 is 1.21 bits per heavy atom. The number of imide groups is 1. The summed E-state index contributed by atoms with van der Waals surface area (Å²) in [6.45, 7) is 4.89. The van der Waals surface area contributed by atoms with Crippen LogP contribution in [0.1, 0.15) is 126 Å². The topological polar surface area (TPSA) is 597 Å². The van der Waals surface area contributed by atoms with Gasteiger partial charge in [0.05, 0.1) is 41.2 Å². The first-order valence-corrected chi connectivity index (χ1v) is 43.3. The molecule has 690 valence electrons. The molecule has 3 aliphatic carbocycles. The van der Waals surface area contributed by atoms with Crippen LogP contribution in [0.15, 0.2) is 155 Å². The number of thioether (sulfide) groups is 1. The Morgan fingerprint density at radius 3 is 1.85 bits per heavy atom. The molecule has 12 amide bonds. The van der Waals surface area contributed by atoms with E-state index in [1.54, 1.807) is 70.2 Å². The van der Waals surface area contributed by atoms with Gasteiger partial charge in [0.1, 0.15) is 67.4 Å². The minimum absolute atomic E-state index is 0.00206. The normalized spacial score (nSPS) is 14.7. The van der Waals surface area contributed by atoms with Crippen LogP contribution in [0.2, 0.25) is 0 Å². The number of amides is 12. The van der Waals surface area contributed by atoms with Crippen molar-refractivity contribution in [1.82, 2.24) is 63.1 Å². The number of hydrogen-bond acceptors (Lipinski definition) is 21. The quantitative estimate of drug-likeness (QED) is 0.00650. The van der Waals surface area contributed by atoms with Gasteiger partial charge in [-0.25, -0.2) is 19.1 Å². The van der Waals surface area contributed by atoms with Crippen molar-refractivity contribution in [1.29, 1.82) is 10.8 Å². The van der Waals surface area contributed by atoms with Crippen LogP contribution >= 0.6 is 11.8 Å². The number of phenolic OH excluding ortho intramolecular Hbond substituents is 1. The molecule has 2 heterocycles. The maximum atomic E-state index is 14.9. The van der Waals surface area contributed by atoms with E-state index < -0.39 is 167 Å². The Kier molecular flexibility index (Phi) is 33.4. The molecule has 22 N–H and O–H groups in total. The van der Waals surface area contributed by atoms with Gasteiger partial charge in [-0.1, -0.05) is 82.3 Å². The molecule has 0 saturated carbocycles. The molecule has 0 spiro atoms. The first kappa shape index (κ1) is 98.1. The smallest absolute Gasteiger partial charge is 0.336 e. The number of carboxylic acids is 2. The molecule has 5 aromatic carbocycles. The van der Waals surface area contributed by atoms with Crippen molar-refractivity contribution in [3.8, 4) is 28.2 Å². The summed E-state index contributed by atoms with van der Waals surface area (Å²) >= 11 is 0.820. The van der Waals surface area contributed by atoms with Gasteiger partial charge in [0, 0.05) is 98.6 Å². The summed E-state index contributed by atoms with van der Waals surface area (Å²) in [7, 11) is 7.46. The summed E-state index contributed by atoms with van der Waals surface area (Å²) in [6, 6.07) is 23.2. The molecule has 10 rings (SSSR count). The summed E-state index contributed by atoms with van der Waals surface area (Å²) in [5.74, 6) is -15.4. The highest BCUT2D eigenvalue weighted by molar-refractivity contribution is 8.00. The molecule has 0 radical (unpaired) electrons. The van der Waals surface area contributed by atoms with Crippen LogP contribution in [0.25, 0.3) is 39.0 Å². The average Bonchev–Trinajstić information content (AvgIpc) is 1.75. The van der Waals surface area contributed by atoms with Crippen molar-refractivity contribution in [3.63, 3.8) is 0 Å². The number of benzene rings is 6. The molecule has 7 atom stereocenters. The standard InChI is InChI=1S/C92H107N19O19S/c1-47(2)34-68(106-86(123)69(35-49-14-10-9-11-15-49)103-76(116)45-101-75(115)44-102-81(118)50-18-24-60(64(39-50)89(126)127)78-58-28-22-56(112)37-51(58)36-52-38-57(113)23-29-59(52)78)85(122)105-66(16-12-31-99-91(94)95)83(120)104-67(17-13-32-100-92(96)97)84(121)108-80(48(3)4)87(124)107-70(82(119)98-33-30-74(93)114)46-131-73-43-77(117)111(88(73)125)55-21-25-61(65(40-55)90(128)129)79-62-26-19-53(109(5)6)41-71(62)130-72-42-54(110(7)8)20-27-63(72)79/h9-11,14-15,18-29,37-42,47-48,66-70,73,80H,12-13,16-17,30-36,43-46H2,1-8H3,(H21-,93,94,95,96,97,98,99,100,101,102,103,104,105,106,107,108,112,113,114,115,116,118,119,120,121,122,123,124,126,127,128,129)/p+1/t66-,67-,68-,69+,70-,73?,80-/m0/s1. The molecule has 1 unspecified atom stereocenters. The third-order valence-corrected chi connectivity index (χ3v) is 23.1. The van der Waals surface area contributed by atoms with Gasteiger partial charge in [0.25, 0.3) is 5.91 Å². The number of carbonyl (C=O) groups is 15. The SMILES string of the molecule is CC(C)C[C@H](NC(=O)[C@@H](Cc1ccccc1)NC(=O)CNC(=O)CNC(=O)c1ccc(C2=C3C=CC(=O)C=C3Cc3cc(O)ccc32)c(C(=O)O)c1)C(=O)N[C@@H](CCCNC(=N)N)C(=O)N[C@@H](CCCNC(=N)N)C(=O)N[C@H](C(=O)N[C@@H](CSC1CC(=O)N(c2ccc(-c3c4ccc(=[N+](C)C)cc-4oc4cc(N(C)C)ccc34)c(C(=O)O)c2)C1=O)C(=O)NCCC(N)=O)C(C)C. The molecular formula is C92H108N19O19S+. The van der Waals surface area contributed by atoms with Crippen LogP contribution in [0.4, 0.5) is 11.4 Å². The van der Waals surface area contributed by atoms with Gasteiger partial charge in [0.2, 0.25) is 70.3 Å². The number of carboxylic acid groups (broad SMARTS) is 2. The number of rotatable bonds is 42. The molecule has 5 aliphatic rings. The van der Waals surface area contributed by atoms with Crippen LogP contribution in [-0.2, 0) is 70.4 Å². The first-order valence-electron chi connectivity index (χ1n) is 42.3. The van der Waals surface area contributed by atoms with E-state index in [1.165, 1.54) is 54.6 Å². The van der Waals surface area contributed by atoms with Crippen molar-refractivity contribution >= 4 is 140 Å². The number of fused-ring (bicyclic) bond motifs is 4. The van der Waals surface area contributed by atoms with Crippen molar-refractivity contribution in [2.75, 3.05) is 76.5 Å². The van der Waals surface area contributed by atoms with Crippen LogP contribution in [0.3, 0.4) is 0 Å². The van der Waals surface area contributed by atoms with Crippen LogP contribution < -0.4 is 95.4 Å². The lowest BCUT2D eigenvalue weighted by Gasteiger charge is -2.29. The Hall–Kier alpha value is -15.1. The Morgan fingerprint density at radius 1 is 0.603 bits per heavy atom. The molecule has 1 saturated heterocycles. The zero-order valence-electron chi connectivity index (χ0n) is 73.4. The first-order chi connectivity index (χ1) is 62.2. The predicted octanol–water partition coefficient (Wildman–Crippen LogP) is 2.11. The number of aromatic hydroxyl groups is 1. The third-order valence-electron chi connectivity index (χ3n) is 21.8. The summed E-state index contributed by atoms with van der Waals surface area (Å²) in [4.78, 5) is 211. The van der Waals surface area contributed by atoms with Crippen LogP contribution in [0.5, 0.6) is 5.75 Å². The molecule has 131 heavy (non-hydrogen) atoms. The number of nitrogens with two attached hydrogens (primary N) is 3. The number of anilines is 2. The summed E-state index contributed by atoms with van der Waals surface area (Å²) in [6.07, 6.45) is 3.37. The van der Waals surface area contributed by atoms with Gasteiger partial charge >= 0.3 is 11.9 Å². The highest BCUT2D eigenvalue weighted by Gasteiger charge is 2.43. The number of guanidine groups is 2. The lowest BCUT2D eigenvalue weighted by molar-refractivity contribution is -0.136. The van der Waals surface area contributed by atoms with Gasteiger partial charge in [-0.2, -0.15) is 0 Å². The van der Waals surface area contributed by atoms with E-state index in [2.05, 4.69) is 58.5 Å². The fraction of sp³-hybridized carbons (Fsp3) is 0.348. The van der Waals surface area contributed by atoms with E-state index in [1.807, 2.05) is 74.1 Å². The number of carbonyl (C=O) groups excluding carboxylic acids is 13. The molecule has 1 fully saturated rings. The van der Waals surface area contributed by atoms with Crippen molar-refractivity contribution in [3.05, 3.63) is 195 Å². The van der Waals surface area contributed by atoms with Crippen LogP contribution in [-0.4, -0.2) is 224 Å². The lowest BCUT2D eigenvalue weighted by Crippen LogP contribution is -2.61. The fourth-order valence-corrected chi connectivity index (χ4v) is 16.4. The highest BCUT2D eigenvalue weighted by Crippen LogP contribution is 2.45. The molecule has 38 nitrogen and oxygen atoms in total. The van der Waals surface area contributed by atoms with Gasteiger partial charge < -0.3 is 100 Å². The van der Waals surface area contributed by atoms with E-state index >= 15 is 0 Å². The minimum Gasteiger partial charge on any atom is -0.508 e. The second kappa shape index (κ2) is 44.6. The second-order valence-electron chi connectivity index (χ2n) is 32.9. The number of nitrogens with one attached hydrogen (secondary N) is 13. The molecule has 0 aromatic heterocycles. The summed E-state index contributed by atoms with van der Waals surface area (Å²) < 4.78 is 8.35. The minimum atomic E-state index is -1.55. The predicted molar refractivity (Wildman–Crippen MR) is 490 cm³/mol. The number of allylic oxidation sites excluding steroid dienone is 5. The van der Waals surface area contributed by atoms with Gasteiger partial charge in [-0.3, -0.25) is 73.1 Å². The lowest BCUT2D eigenvalue weighted by atomic mass is 9.76. The number of ketones is 1. The number of phenols is 1. The Bertz CT molecular complexity index is 5820. The van der Waals surface area contributed by atoms with Gasteiger partial charge in [0.15, 0.2) is 17.7 Å². The Labute approximate surface area is 757 Å². The molecule has 5 aromatic rings. The number of hydrogen-bond donors (Lipinski definition) is 19. The molecule has 0 bridgehead atoms. The van der Waals surface area contributed by atoms with E-state index in [4.69, 9.17) is 32.4 Å². The number of nitrogens with zero attached hydrogens (tertiary/aromatic N) is 3. The van der Waals surface area contributed by atoms with Gasteiger partial charge in [-0.05, 0) is 162 Å². The summed E-state index contributed by atoms with van der Waals surface area (Å²) in [5.41, 5.74) is 22.1. The van der Waals surface area contributed by atoms with E-state index in [0.717, 1.165) is 33.8 Å². The largest absolute Gasteiger partial charge is 0.508 e. The van der Waals surface area contributed by atoms with Crippen molar-refractivity contribution < 1.29 is 91.7 Å². The monoisotopic (exact) mass is 1810 g/mol. The Balaban J connectivity index is 0.813. The van der Waals surface area contributed by atoms with Crippen molar-refractivity contribution in [2.45, 2.75) is 127 Å². The van der Waals surface area contributed by atoms with E-state index in [9.17, 15) is 87.2 Å². The molecular weight excluding hydrogens is 1710 g/mol. The second-order valence-corrected chi connectivity index (χ2v) is 34.1. The zero-order valence-corrected chi connectivity index (χ0v) is 74.3. The highest BCUT2D eigenvalue weighted by atomic mass is 32.2. The molecule has 39 heteroatoms. The fourth-order valence-electron chi connectivity index (χ4n) is 15.2. The average molecular weight is 1820 g/mol. The van der Waals surface area contributed by atoms with E-state index in [0.29, 0.717) is 61.3 Å². The van der Waals surface area contributed by atoms with Gasteiger partial charge in [-0.15, -0.1) is 11.8 Å². The number of primary amides is 1. The van der Waals surface area contributed by atoms with Crippen molar-refractivity contribution in [2.24, 2.45) is 29.0 Å². The summed E-state index contributed by atoms with van der Waals surface area (Å²) in [5, 5.41) is 76.1. The maximum absolute atomic E-state index is 14.9. The van der Waals surface area contributed by atoms with E-state index in [-0.39, 0.29) is 122 Å².